The van der Waals surface area contributed by atoms with Gasteiger partial charge in [0.25, 0.3) is 0 Å². The number of esters is 1. The molecule has 2 aromatic rings. The molecule has 0 aromatic heterocycles. The summed E-state index contributed by atoms with van der Waals surface area (Å²) in [6.45, 7) is 1.63. The molecule has 1 heterocycles. The van der Waals surface area contributed by atoms with Crippen molar-refractivity contribution in [2.24, 2.45) is 0 Å². The quantitative estimate of drug-likeness (QED) is 0.740. The molecule has 6 nitrogen and oxygen atoms in total. The fourth-order valence-electron chi connectivity index (χ4n) is 4.38. The maximum Gasteiger partial charge on any atom is 0.337 e. The van der Waals surface area contributed by atoms with E-state index in [0.717, 1.165) is 48.3 Å². The van der Waals surface area contributed by atoms with E-state index in [4.69, 9.17) is 14.2 Å². The van der Waals surface area contributed by atoms with E-state index in [1.807, 2.05) is 30.3 Å². The van der Waals surface area contributed by atoms with Crippen LogP contribution in [0.25, 0.3) is 0 Å². The zero-order valence-corrected chi connectivity index (χ0v) is 17.2. The SMILES string of the molecule is COC(=O)c1ccc(CCNC(=O)C2(c3ccc4c(c3)OCCO4)CCCC2)cc1. The molecule has 1 saturated carbocycles. The number of methoxy groups -OCH3 is 1. The van der Waals surface area contributed by atoms with Crippen LogP contribution < -0.4 is 14.8 Å². The first-order valence-corrected chi connectivity index (χ1v) is 10.5. The van der Waals surface area contributed by atoms with Gasteiger partial charge in [-0.1, -0.05) is 31.0 Å². The Morgan fingerprint density at radius 3 is 2.40 bits per heavy atom. The van der Waals surface area contributed by atoms with E-state index in [9.17, 15) is 9.59 Å². The minimum atomic E-state index is -0.509. The third kappa shape index (κ3) is 3.99. The summed E-state index contributed by atoms with van der Waals surface area (Å²) in [7, 11) is 1.37. The molecule has 0 atom stereocenters. The van der Waals surface area contributed by atoms with Gasteiger partial charge in [-0.15, -0.1) is 0 Å². The van der Waals surface area contributed by atoms with Gasteiger partial charge in [-0.05, 0) is 54.7 Å². The molecule has 4 rings (SSSR count). The largest absolute Gasteiger partial charge is 0.486 e. The zero-order chi connectivity index (χ0) is 21.0. The minimum Gasteiger partial charge on any atom is -0.486 e. The third-order valence-electron chi connectivity index (χ3n) is 6.06. The van der Waals surface area contributed by atoms with Crippen molar-refractivity contribution in [1.29, 1.82) is 0 Å². The van der Waals surface area contributed by atoms with Crippen LogP contribution in [0, 0.1) is 0 Å². The molecule has 1 N–H and O–H groups in total. The molecule has 2 aliphatic rings. The van der Waals surface area contributed by atoms with Gasteiger partial charge in [0, 0.05) is 6.54 Å². The number of fused-ring (bicyclic) bond motifs is 1. The lowest BCUT2D eigenvalue weighted by Gasteiger charge is -2.30. The number of carbonyl (C=O) groups is 2. The number of amides is 1. The highest BCUT2D eigenvalue weighted by Crippen LogP contribution is 2.44. The Labute approximate surface area is 176 Å². The van der Waals surface area contributed by atoms with E-state index < -0.39 is 5.41 Å². The van der Waals surface area contributed by atoms with Crippen molar-refractivity contribution in [3.63, 3.8) is 0 Å². The lowest BCUT2D eigenvalue weighted by atomic mass is 9.77. The van der Waals surface area contributed by atoms with Crippen LogP contribution in [0.2, 0.25) is 0 Å². The Morgan fingerprint density at radius 2 is 1.70 bits per heavy atom. The van der Waals surface area contributed by atoms with Crippen LogP contribution in [0.3, 0.4) is 0 Å². The van der Waals surface area contributed by atoms with Crippen LogP contribution in [-0.4, -0.2) is 38.7 Å². The van der Waals surface area contributed by atoms with E-state index in [2.05, 4.69) is 5.32 Å². The zero-order valence-electron chi connectivity index (χ0n) is 17.2. The van der Waals surface area contributed by atoms with Crippen molar-refractivity contribution in [3.8, 4) is 11.5 Å². The van der Waals surface area contributed by atoms with Crippen LogP contribution in [0.1, 0.15) is 47.2 Å². The summed E-state index contributed by atoms with van der Waals surface area (Å²) >= 11 is 0. The smallest absolute Gasteiger partial charge is 0.337 e. The summed E-state index contributed by atoms with van der Waals surface area (Å²) in [5, 5.41) is 3.14. The number of rotatable bonds is 6. The van der Waals surface area contributed by atoms with Gasteiger partial charge in [0.15, 0.2) is 11.5 Å². The topological polar surface area (TPSA) is 73.9 Å². The van der Waals surface area contributed by atoms with Crippen molar-refractivity contribution >= 4 is 11.9 Å². The predicted octanol–water partition coefficient (Wildman–Crippen LogP) is 3.42. The number of carbonyl (C=O) groups excluding carboxylic acids is 2. The molecular formula is C24H27NO5. The van der Waals surface area contributed by atoms with E-state index in [-0.39, 0.29) is 11.9 Å². The van der Waals surface area contributed by atoms with Crippen molar-refractivity contribution in [2.75, 3.05) is 26.9 Å². The van der Waals surface area contributed by atoms with E-state index >= 15 is 0 Å². The average molecular weight is 409 g/mol. The van der Waals surface area contributed by atoms with Gasteiger partial charge < -0.3 is 19.5 Å². The molecule has 2 aromatic carbocycles. The van der Waals surface area contributed by atoms with Crippen molar-refractivity contribution in [2.45, 2.75) is 37.5 Å². The molecule has 0 spiro atoms. The third-order valence-corrected chi connectivity index (χ3v) is 6.06. The van der Waals surface area contributed by atoms with Crippen LogP contribution in [0.5, 0.6) is 11.5 Å². The summed E-state index contributed by atoms with van der Waals surface area (Å²) in [6, 6.07) is 13.2. The molecule has 30 heavy (non-hydrogen) atoms. The Morgan fingerprint density at radius 1 is 1.00 bits per heavy atom. The summed E-state index contributed by atoms with van der Waals surface area (Å²) in [5.74, 6) is 1.19. The highest BCUT2D eigenvalue weighted by atomic mass is 16.6. The Balaban J connectivity index is 1.42. The number of nitrogens with one attached hydrogen (secondary N) is 1. The van der Waals surface area contributed by atoms with Crippen LogP contribution in [0.4, 0.5) is 0 Å². The average Bonchev–Trinajstić information content (AvgIpc) is 3.30. The standard InChI is InChI=1S/C24H27NO5/c1-28-22(26)18-6-4-17(5-7-18)10-13-25-23(27)24(11-2-3-12-24)19-8-9-20-21(16-19)30-15-14-29-20/h4-9,16H,2-3,10-15H2,1H3,(H,25,27). The van der Waals surface area contributed by atoms with Gasteiger partial charge in [0.05, 0.1) is 18.1 Å². The lowest BCUT2D eigenvalue weighted by Crippen LogP contribution is -2.43. The Bertz CT molecular complexity index is 916. The molecular weight excluding hydrogens is 382 g/mol. The molecule has 6 heteroatoms. The van der Waals surface area contributed by atoms with Gasteiger partial charge in [-0.25, -0.2) is 4.79 Å². The minimum absolute atomic E-state index is 0.0721. The molecule has 0 bridgehead atoms. The second kappa shape index (κ2) is 8.78. The fraction of sp³-hybridized carbons (Fsp3) is 0.417. The first-order valence-electron chi connectivity index (χ1n) is 10.5. The molecule has 158 valence electrons. The number of ether oxygens (including phenoxy) is 3. The molecule has 1 fully saturated rings. The lowest BCUT2D eigenvalue weighted by molar-refractivity contribution is -0.126. The molecule has 1 aliphatic carbocycles. The maximum atomic E-state index is 13.3. The molecule has 0 unspecified atom stereocenters. The second-order valence-corrected chi connectivity index (χ2v) is 7.84. The van der Waals surface area contributed by atoms with E-state index in [0.29, 0.717) is 31.7 Å². The van der Waals surface area contributed by atoms with Crippen molar-refractivity contribution in [1.82, 2.24) is 5.32 Å². The van der Waals surface area contributed by atoms with Gasteiger partial charge in [-0.3, -0.25) is 4.79 Å². The summed E-state index contributed by atoms with van der Waals surface area (Å²) in [6.07, 6.45) is 4.46. The van der Waals surface area contributed by atoms with Gasteiger partial charge in [-0.2, -0.15) is 0 Å². The molecule has 0 saturated heterocycles. The fourth-order valence-corrected chi connectivity index (χ4v) is 4.38. The molecule has 1 amide bonds. The van der Waals surface area contributed by atoms with Gasteiger partial charge in [0.1, 0.15) is 13.2 Å². The number of hydrogen-bond acceptors (Lipinski definition) is 5. The number of hydrogen-bond donors (Lipinski definition) is 1. The predicted molar refractivity (Wildman–Crippen MR) is 112 cm³/mol. The van der Waals surface area contributed by atoms with Crippen molar-refractivity contribution in [3.05, 3.63) is 59.2 Å². The summed E-state index contributed by atoms with van der Waals surface area (Å²) in [4.78, 5) is 24.8. The van der Waals surface area contributed by atoms with Crippen LogP contribution >= 0.6 is 0 Å². The Hall–Kier alpha value is -3.02. The van der Waals surface area contributed by atoms with Crippen LogP contribution in [-0.2, 0) is 21.4 Å². The van der Waals surface area contributed by atoms with Crippen molar-refractivity contribution < 1.29 is 23.8 Å². The van der Waals surface area contributed by atoms with E-state index in [1.54, 1.807) is 12.1 Å². The van der Waals surface area contributed by atoms with E-state index in [1.165, 1.54) is 7.11 Å². The first-order chi connectivity index (χ1) is 14.6. The monoisotopic (exact) mass is 409 g/mol. The highest BCUT2D eigenvalue weighted by Gasteiger charge is 2.43. The number of benzene rings is 2. The molecule has 0 radical (unpaired) electrons. The second-order valence-electron chi connectivity index (χ2n) is 7.84. The molecule has 1 aliphatic heterocycles. The Kier molecular flexibility index (Phi) is 5.93. The normalized spacial score (nSPS) is 16.7. The maximum absolute atomic E-state index is 13.3. The summed E-state index contributed by atoms with van der Waals surface area (Å²) < 4.78 is 16.1. The van der Waals surface area contributed by atoms with Gasteiger partial charge >= 0.3 is 5.97 Å². The highest BCUT2D eigenvalue weighted by molar-refractivity contribution is 5.89. The first kappa shape index (κ1) is 20.3. The van der Waals surface area contributed by atoms with Crippen LogP contribution in [0.15, 0.2) is 42.5 Å². The van der Waals surface area contributed by atoms with Gasteiger partial charge in [0.2, 0.25) is 5.91 Å². The summed E-state index contributed by atoms with van der Waals surface area (Å²) in [5.41, 5.74) is 2.07.